The molecule has 0 saturated heterocycles. The van der Waals surface area contributed by atoms with Crippen LogP contribution in [0.2, 0.25) is 0 Å². The topological polar surface area (TPSA) is 0 Å². The third kappa shape index (κ3) is 8.90. The van der Waals surface area contributed by atoms with E-state index in [0.717, 1.165) is 0 Å². The van der Waals surface area contributed by atoms with Crippen molar-refractivity contribution in [2.75, 3.05) is 0 Å². The Morgan fingerprint density at radius 2 is 1.00 bits per heavy atom. The first-order valence-electron chi connectivity index (χ1n) is 0. The summed E-state index contributed by atoms with van der Waals surface area (Å²) in [5.74, 6) is 0. The van der Waals surface area contributed by atoms with E-state index in [0.29, 0.717) is 0 Å². The molecule has 4 heavy (non-hydrogen) atoms. The van der Waals surface area contributed by atoms with Gasteiger partial charge in [-0.1, -0.05) is 0 Å². The third-order valence-electron chi connectivity index (χ3n) is 0. The Kier molecular flexibility index (Phi) is 167. The van der Waals surface area contributed by atoms with Crippen molar-refractivity contribution < 1.29 is 55.6 Å². The first kappa shape index (κ1) is 35.0. The molecule has 1 unspecified atom stereocenters. The average molecular weight is 193 g/mol. The van der Waals surface area contributed by atoms with Crippen LogP contribution in [-0.2, 0) is 55.6 Å². The zero-order chi connectivity index (χ0) is 0. The van der Waals surface area contributed by atoms with Crippen molar-refractivity contribution in [3.05, 3.63) is 0 Å². The maximum Gasteiger partial charge on any atom is 0 e. The summed E-state index contributed by atoms with van der Waals surface area (Å²) in [6.07, 6.45) is 0. The standard InChI is InChI=1S/Cr.Ni.H3P.Ti/h;;1H3;. The molecule has 0 N–H and O–H groups in total. The van der Waals surface area contributed by atoms with E-state index >= 15 is 0 Å². The summed E-state index contributed by atoms with van der Waals surface area (Å²) >= 11 is 0. The van der Waals surface area contributed by atoms with E-state index in [1.165, 1.54) is 0 Å². The van der Waals surface area contributed by atoms with Crippen LogP contribution in [0, 0.1) is 0 Å². The Balaban J connectivity index is 0. The Bertz CT molecular complexity index is 8.00. The van der Waals surface area contributed by atoms with E-state index in [4.69, 9.17) is 0 Å². The van der Waals surface area contributed by atoms with Gasteiger partial charge in [-0.15, -0.1) is 0 Å². The quantitative estimate of drug-likeness (QED) is 0.376. The molecule has 0 aliphatic rings. The largest absolute Gasteiger partial charge is 0.153 e. The molecule has 0 aliphatic heterocycles. The molecule has 4 heteroatoms. The molecule has 0 fully saturated rings. The van der Waals surface area contributed by atoms with Crippen LogP contribution in [0.5, 0.6) is 0 Å². The molecule has 0 aliphatic carbocycles. The zero-order valence-corrected chi connectivity index (χ0v) is 7.17. The van der Waals surface area contributed by atoms with Crippen molar-refractivity contribution in [1.82, 2.24) is 0 Å². The summed E-state index contributed by atoms with van der Waals surface area (Å²) < 4.78 is 0. The van der Waals surface area contributed by atoms with Crippen molar-refractivity contribution in [1.29, 1.82) is 0 Å². The first-order chi connectivity index (χ1) is 0. The monoisotopic (exact) mass is 192 g/mol. The molecule has 0 aromatic rings. The number of rotatable bonds is 0. The van der Waals surface area contributed by atoms with E-state index < -0.39 is 0 Å². The van der Waals surface area contributed by atoms with Crippen LogP contribution < -0.4 is 0 Å². The molecule has 0 amide bonds. The summed E-state index contributed by atoms with van der Waals surface area (Å²) in [7, 11) is 0. The SMILES string of the molecule is P.[Cr].[Ni].[Ti]. The van der Waals surface area contributed by atoms with Crippen LogP contribution in [0.15, 0.2) is 0 Å². The van der Waals surface area contributed by atoms with E-state index in [1.54, 1.807) is 0 Å². The van der Waals surface area contributed by atoms with E-state index in [9.17, 15) is 0 Å². The van der Waals surface area contributed by atoms with Crippen molar-refractivity contribution >= 4 is 9.90 Å². The molecule has 0 radical (unpaired) electrons. The van der Waals surface area contributed by atoms with Crippen molar-refractivity contribution in [3.63, 3.8) is 0 Å². The van der Waals surface area contributed by atoms with Crippen molar-refractivity contribution in [2.45, 2.75) is 0 Å². The molecule has 0 heterocycles. The van der Waals surface area contributed by atoms with E-state index in [1.807, 2.05) is 0 Å². The normalized spacial score (nSPS) is 0. The fourth-order valence-corrected chi connectivity index (χ4v) is 0. The smallest absolute Gasteiger partial charge is 0 e. The van der Waals surface area contributed by atoms with Crippen LogP contribution in [0.25, 0.3) is 0 Å². The van der Waals surface area contributed by atoms with Crippen LogP contribution in [0.4, 0.5) is 0 Å². The summed E-state index contributed by atoms with van der Waals surface area (Å²) in [6.45, 7) is 0. The minimum atomic E-state index is 0. The van der Waals surface area contributed by atoms with Gasteiger partial charge in [0.25, 0.3) is 0 Å². The molecule has 0 aromatic carbocycles. The van der Waals surface area contributed by atoms with Gasteiger partial charge >= 0.3 is 0 Å². The fourth-order valence-electron chi connectivity index (χ4n) is 0. The molecule has 0 spiro atoms. The van der Waals surface area contributed by atoms with Crippen LogP contribution >= 0.6 is 9.90 Å². The molecule has 0 rings (SSSR count). The van der Waals surface area contributed by atoms with Crippen LogP contribution in [0.1, 0.15) is 0 Å². The van der Waals surface area contributed by atoms with Gasteiger partial charge in [0.05, 0.1) is 0 Å². The predicted molar refractivity (Wildman–Crippen MR) is 11.1 cm³/mol. The molecule has 0 saturated carbocycles. The van der Waals surface area contributed by atoms with Gasteiger partial charge < -0.3 is 0 Å². The molecule has 28 valence electrons. The van der Waals surface area contributed by atoms with Crippen LogP contribution in [-0.4, -0.2) is 0 Å². The maximum absolute atomic E-state index is 0. The molecular weight excluding hydrogens is 190 g/mol. The first-order valence-corrected chi connectivity index (χ1v) is 0. The van der Waals surface area contributed by atoms with Gasteiger partial charge in [0.1, 0.15) is 0 Å². The summed E-state index contributed by atoms with van der Waals surface area (Å²) in [4.78, 5) is 0. The second-order valence-corrected chi connectivity index (χ2v) is 0. The molecular formula is H3CrNiPTi. The maximum atomic E-state index is 0. The van der Waals surface area contributed by atoms with Gasteiger partial charge in [-0.3, -0.25) is 0 Å². The minimum Gasteiger partial charge on any atom is -0.153 e. The van der Waals surface area contributed by atoms with E-state index in [2.05, 4.69) is 0 Å². The average Bonchev–Trinajstić information content (AvgIpc) is 0. The van der Waals surface area contributed by atoms with Gasteiger partial charge in [-0.25, -0.2) is 0 Å². The summed E-state index contributed by atoms with van der Waals surface area (Å²) in [5.41, 5.74) is 0. The van der Waals surface area contributed by atoms with Crippen molar-refractivity contribution in [2.24, 2.45) is 0 Å². The van der Waals surface area contributed by atoms with Gasteiger partial charge in [-0.05, 0) is 0 Å². The second kappa shape index (κ2) is 19.1. The molecule has 0 aromatic heterocycles. The third-order valence-corrected chi connectivity index (χ3v) is 0. The van der Waals surface area contributed by atoms with E-state index in [-0.39, 0.29) is 65.5 Å². The Morgan fingerprint density at radius 3 is 1.00 bits per heavy atom. The number of hydrogen-bond acceptors (Lipinski definition) is 0. The molecule has 0 bridgehead atoms. The second-order valence-electron chi connectivity index (χ2n) is 0. The van der Waals surface area contributed by atoms with Crippen molar-refractivity contribution in [3.8, 4) is 0 Å². The zero-order valence-electron chi connectivity index (χ0n) is 1.93. The summed E-state index contributed by atoms with van der Waals surface area (Å²) in [5, 5.41) is 0. The molecule has 1 atom stereocenters. The fraction of sp³-hybridized carbons (Fsp3) is 0. The Labute approximate surface area is 65.0 Å². The van der Waals surface area contributed by atoms with Gasteiger partial charge in [0.15, 0.2) is 0 Å². The van der Waals surface area contributed by atoms with Crippen LogP contribution in [0.3, 0.4) is 0 Å². The number of hydrogen-bond donors (Lipinski definition) is 0. The summed E-state index contributed by atoms with van der Waals surface area (Å²) in [6, 6.07) is 0. The Hall–Kier alpha value is 2.17. The Morgan fingerprint density at radius 1 is 1.00 bits per heavy atom. The molecule has 0 nitrogen and oxygen atoms in total. The van der Waals surface area contributed by atoms with Gasteiger partial charge in [0, 0.05) is 55.6 Å². The minimum absolute atomic E-state index is 0. The predicted octanol–water partition coefficient (Wildman–Crippen LogP) is 0.0506. The van der Waals surface area contributed by atoms with Gasteiger partial charge in [-0.2, -0.15) is 9.90 Å². The van der Waals surface area contributed by atoms with Gasteiger partial charge in [0.2, 0.25) is 0 Å².